The van der Waals surface area contributed by atoms with Crippen molar-refractivity contribution in [1.82, 2.24) is 9.80 Å². The van der Waals surface area contributed by atoms with Gasteiger partial charge in [-0.1, -0.05) is 6.07 Å². The van der Waals surface area contributed by atoms with Gasteiger partial charge in [-0.3, -0.25) is 9.80 Å². The lowest BCUT2D eigenvalue weighted by molar-refractivity contribution is 0.104. The summed E-state index contributed by atoms with van der Waals surface area (Å²) in [6.07, 6.45) is 0. The third-order valence-corrected chi connectivity index (χ3v) is 3.98. The summed E-state index contributed by atoms with van der Waals surface area (Å²) in [5.74, 6) is 1.76. The van der Waals surface area contributed by atoms with Gasteiger partial charge in [0.2, 0.25) is 6.79 Å². The summed E-state index contributed by atoms with van der Waals surface area (Å²) in [4.78, 5) is 5.05. The lowest BCUT2D eigenvalue weighted by Gasteiger charge is -2.36. The van der Waals surface area contributed by atoms with Crippen LogP contribution in [0.5, 0.6) is 11.5 Å². The van der Waals surface area contributed by atoms with Crippen LogP contribution >= 0.6 is 0 Å². The highest BCUT2D eigenvalue weighted by atomic mass is 16.7. The molecule has 104 valence electrons. The van der Waals surface area contributed by atoms with Gasteiger partial charge in [0.25, 0.3) is 0 Å². The molecule has 2 aliphatic heterocycles. The van der Waals surface area contributed by atoms with Gasteiger partial charge in [-0.05, 0) is 31.5 Å². The fourth-order valence-corrected chi connectivity index (χ4v) is 2.74. The Kier molecular flexibility index (Phi) is 3.62. The quantitative estimate of drug-likeness (QED) is 0.831. The van der Waals surface area contributed by atoms with Crippen molar-refractivity contribution in [2.24, 2.45) is 0 Å². The van der Waals surface area contributed by atoms with Crippen molar-refractivity contribution in [1.29, 1.82) is 0 Å². The van der Waals surface area contributed by atoms with Crippen molar-refractivity contribution >= 4 is 0 Å². The number of benzene rings is 1. The summed E-state index contributed by atoms with van der Waals surface area (Å²) in [7, 11) is 0. The fourth-order valence-electron chi connectivity index (χ4n) is 2.74. The van der Waals surface area contributed by atoms with Gasteiger partial charge in [-0.15, -0.1) is 0 Å². The highest BCUT2D eigenvalue weighted by molar-refractivity contribution is 5.44. The first-order valence-corrected chi connectivity index (χ1v) is 7.07. The van der Waals surface area contributed by atoms with Crippen LogP contribution in [0.2, 0.25) is 0 Å². The Balaban J connectivity index is 1.58. The average molecular weight is 262 g/mol. The first kappa shape index (κ1) is 12.8. The van der Waals surface area contributed by atoms with E-state index in [9.17, 15) is 0 Å². The highest BCUT2D eigenvalue weighted by Gasteiger charge is 2.19. The Morgan fingerprint density at radius 3 is 2.53 bits per heavy atom. The average Bonchev–Trinajstić information content (AvgIpc) is 2.87. The molecule has 0 aliphatic carbocycles. The standard InChI is InChI=1S/C15H22N2O2/c1-12(2)17-7-5-16(6-8-17)10-13-3-4-14-15(9-13)19-11-18-14/h3-4,9,12H,5-8,10-11H2,1-2H3. The maximum absolute atomic E-state index is 5.43. The van der Waals surface area contributed by atoms with E-state index in [0.29, 0.717) is 12.8 Å². The Hall–Kier alpha value is -1.26. The first-order chi connectivity index (χ1) is 9.22. The maximum atomic E-state index is 5.43. The summed E-state index contributed by atoms with van der Waals surface area (Å²) in [5, 5.41) is 0. The summed E-state index contributed by atoms with van der Waals surface area (Å²) in [6.45, 7) is 10.5. The van der Waals surface area contributed by atoms with Crippen LogP contribution in [-0.2, 0) is 6.54 Å². The van der Waals surface area contributed by atoms with Crippen molar-refractivity contribution in [2.45, 2.75) is 26.4 Å². The Bertz CT molecular complexity index is 440. The number of hydrogen-bond donors (Lipinski definition) is 0. The molecule has 1 saturated heterocycles. The number of rotatable bonds is 3. The third kappa shape index (κ3) is 2.85. The molecule has 0 aromatic heterocycles. The Labute approximate surface area is 114 Å². The van der Waals surface area contributed by atoms with E-state index in [0.717, 1.165) is 31.1 Å². The minimum absolute atomic E-state index is 0.353. The van der Waals surface area contributed by atoms with Crippen molar-refractivity contribution in [3.8, 4) is 11.5 Å². The molecule has 4 nitrogen and oxygen atoms in total. The van der Waals surface area contributed by atoms with Gasteiger partial charge in [0.1, 0.15) is 0 Å². The molecular formula is C15H22N2O2. The van der Waals surface area contributed by atoms with Crippen LogP contribution in [0.15, 0.2) is 18.2 Å². The van der Waals surface area contributed by atoms with Crippen LogP contribution in [0, 0.1) is 0 Å². The zero-order valence-corrected chi connectivity index (χ0v) is 11.8. The number of nitrogens with zero attached hydrogens (tertiary/aromatic N) is 2. The van der Waals surface area contributed by atoms with E-state index in [1.807, 2.05) is 6.07 Å². The molecule has 1 fully saturated rings. The third-order valence-electron chi connectivity index (χ3n) is 3.98. The van der Waals surface area contributed by atoms with E-state index in [1.54, 1.807) is 0 Å². The van der Waals surface area contributed by atoms with Crippen molar-refractivity contribution < 1.29 is 9.47 Å². The topological polar surface area (TPSA) is 24.9 Å². The highest BCUT2D eigenvalue weighted by Crippen LogP contribution is 2.32. The van der Waals surface area contributed by atoms with Crippen LogP contribution in [-0.4, -0.2) is 48.8 Å². The van der Waals surface area contributed by atoms with E-state index in [2.05, 4.69) is 35.8 Å². The molecule has 2 aliphatic rings. The lowest BCUT2D eigenvalue weighted by Crippen LogP contribution is -2.48. The molecule has 1 aromatic rings. The van der Waals surface area contributed by atoms with E-state index < -0.39 is 0 Å². The van der Waals surface area contributed by atoms with Gasteiger partial charge in [0.05, 0.1) is 0 Å². The summed E-state index contributed by atoms with van der Waals surface area (Å²) in [6, 6.07) is 6.93. The number of hydrogen-bond acceptors (Lipinski definition) is 4. The molecule has 19 heavy (non-hydrogen) atoms. The zero-order chi connectivity index (χ0) is 13.2. The second kappa shape index (κ2) is 5.39. The Morgan fingerprint density at radius 1 is 1.05 bits per heavy atom. The molecule has 0 amide bonds. The smallest absolute Gasteiger partial charge is 0.231 e. The molecule has 1 aromatic carbocycles. The summed E-state index contributed by atoms with van der Waals surface area (Å²) < 4.78 is 10.8. The van der Waals surface area contributed by atoms with Gasteiger partial charge in [-0.25, -0.2) is 0 Å². The molecule has 0 radical (unpaired) electrons. The largest absolute Gasteiger partial charge is 0.454 e. The molecule has 0 N–H and O–H groups in total. The monoisotopic (exact) mass is 262 g/mol. The second-order valence-electron chi connectivity index (χ2n) is 5.59. The van der Waals surface area contributed by atoms with E-state index in [1.165, 1.54) is 18.7 Å². The molecule has 4 heteroatoms. The van der Waals surface area contributed by atoms with Crippen LogP contribution in [0.4, 0.5) is 0 Å². The number of ether oxygens (including phenoxy) is 2. The normalized spacial score (nSPS) is 20.2. The number of fused-ring (bicyclic) bond motifs is 1. The maximum Gasteiger partial charge on any atom is 0.231 e. The molecule has 0 unspecified atom stereocenters. The molecule has 0 bridgehead atoms. The molecule has 3 rings (SSSR count). The molecule has 0 spiro atoms. The van der Waals surface area contributed by atoms with Crippen molar-refractivity contribution in [3.05, 3.63) is 23.8 Å². The second-order valence-corrected chi connectivity index (χ2v) is 5.59. The number of piperazine rings is 1. The molecule has 2 heterocycles. The lowest BCUT2D eigenvalue weighted by atomic mass is 10.1. The van der Waals surface area contributed by atoms with Gasteiger partial charge in [-0.2, -0.15) is 0 Å². The predicted molar refractivity (Wildman–Crippen MR) is 74.6 cm³/mol. The Morgan fingerprint density at radius 2 is 1.79 bits per heavy atom. The minimum atomic E-state index is 0.353. The molecule has 0 atom stereocenters. The van der Waals surface area contributed by atoms with Gasteiger partial charge < -0.3 is 9.47 Å². The minimum Gasteiger partial charge on any atom is -0.454 e. The molecule has 0 saturated carbocycles. The fraction of sp³-hybridized carbons (Fsp3) is 0.600. The molecular weight excluding hydrogens is 240 g/mol. The van der Waals surface area contributed by atoms with E-state index >= 15 is 0 Å². The SMILES string of the molecule is CC(C)N1CCN(Cc2ccc3c(c2)OCO3)CC1. The van der Waals surface area contributed by atoms with Gasteiger partial charge in [0.15, 0.2) is 11.5 Å². The zero-order valence-electron chi connectivity index (χ0n) is 11.8. The van der Waals surface area contributed by atoms with Gasteiger partial charge in [0, 0.05) is 38.8 Å². The van der Waals surface area contributed by atoms with Crippen LogP contribution in [0.25, 0.3) is 0 Å². The first-order valence-electron chi connectivity index (χ1n) is 7.07. The van der Waals surface area contributed by atoms with Crippen molar-refractivity contribution in [2.75, 3.05) is 33.0 Å². The summed E-state index contributed by atoms with van der Waals surface area (Å²) >= 11 is 0. The van der Waals surface area contributed by atoms with Gasteiger partial charge >= 0.3 is 0 Å². The summed E-state index contributed by atoms with van der Waals surface area (Å²) in [5.41, 5.74) is 1.31. The van der Waals surface area contributed by atoms with Crippen LogP contribution < -0.4 is 9.47 Å². The van der Waals surface area contributed by atoms with E-state index in [4.69, 9.17) is 9.47 Å². The van der Waals surface area contributed by atoms with Crippen LogP contribution in [0.3, 0.4) is 0 Å². The van der Waals surface area contributed by atoms with E-state index in [-0.39, 0.29) is 0 Å². The van der Waals surface area contributed by atoms with Crippen molar-refractivity contribution in [3.63, 3.8) is 0 Å². The van der Waals surface area contributed by atoms with Crippen LogP contribution in [0.1, 0.15) is 19.4 Å². The predicted octanol–water partition coefficient (Wildman–Crippen LogP) is 1.94.